The lowest BCUT2D eigenvalue weighted by Gasteiger charge is -2.08. The van der Waals surface area contributed by atoms with E-state index in [1.54, 1.807) is 36.4 Å². The molecule has 0 heterocycles. The van der Waals surface area contributed by atoms with Crippen LogP contribution < -0.4 is 5.32 Å². The Morgan fingerprint density at radius 3 is 2.52 bits per heavy atom. The molecule has 0 spiro atoms. The maximum atomic E-state index is 12.2. The van der Waals surface area contributed by atoms with Crippen LogP contribution in [-0.2, 0) is 4.74 Å². The fraction of sp³-hybridized carbons (Fsp3) is 0.125. The van der Waals surface area contributed by atoms with Gasteiger partial charge in [-0.2, -0.15) is 0 Å². The summed E-state index contributed by atoms with van der Waals surface area (Å²) >= 11 is 3.37. The van der Waals surface area contributed by atoms with E-state index in [1.807, 2.05) is 13.0 Å². The van der Waals surface area contributed by atoms with E-state index in [1.165, 1.54) is 7.11 Å². The molecule has 4 nitrogen and oxygen atoms in total. The highest BCUT2D eigenvalue weighted by molar-refractivity contribution is 9.10. The van der Waals surface area contributed by atoms with Crippen molar-refractivity contribution in [3.63, 3.8) is 0 Å². The average molecular weight is 348 g/mol. The summed E-state index contributed by atoms with van der Waals surface area (Å²) in [7, 11) is 1.32. The number of rotatable bonds is 3. The second-order valence-corrected chi connectivity index (χ2v) is 5.46. The molecule has 2 aromatic rings. The monoisotopic (exact) mass is 347 g/mol. The molecular weight excluding hydrogens is 334 g/mol. The van der Waals surface area contributed by atoms with E-state index in [9.17, 15) is 9.59 Å². The highest BCUT2D eigenvalue weighted by atomic mass is 79.9. The number of ether oxygens (including phenoxy) is 1. The first-order valence-electron chi connectivity index (χ1n) is 6.26. The predicted octanol–water partition coefficient (Wildman–Crippen LogP) is 3.80. The molecule has 0 aliphatic carbocycles. The molecule has 21 heavy (non-hydrogen) atoms. The average Bonchev–Trinajstić information content (AvgIpc) is 2.45. The summed E-state index contributed by atoms with van der Waals surface area (Å²) in [5.74, 6) is -0.675. The van der Waals surface area contributed by atoms with Crippen LogP contribution in [0.5, 0.6) is 0 Å². The molecule has 0 bridgehead atoms. The third kappa shape index (κ3) is 3.92. The van der Waals surface area contributed by atoms with Crippen molar-refractivity contribution in [3.8, 4) is 0 Å². The van der Waals surface area contributed by atoms with Gasteiger partial charge >= 0.3 is 5.97 Å². The summed E-state index contributed by atoms with van der Waals surface area (Å²) in [6.07, 6.45) is 0. The number of hydrogen-bond donors (Lipinski definition) is 1. The van der Waals surface area contributed by atoms with E-state index < -0.39 is 5.97 Å². The number of benzene rings is 2. The number of carbonyl (C=O) groups excluding carboxylic acids is 2. The SMILES string of the molecule is COC(=O)c1cccc(NC(=O)c2cc(C)cc(Br)c2)c1. The van der Waals surface area contributed by atoms with Crippen LogP contribution in [0.25, 0.3) is 0 Å². The third-order valence-electron chi connectivity index (χ3n) is 2.85. The van der Waals surface area contributed by atoms with Crippen molar-refractivity contribution in [2.45, 2.75) is 6.92 Å². The van der Waals surface area contributed by atoms with Gasteiger partial charge in [-0.3, -0.25) is 4.79 Å². The smallest absolute Gasteiger partial charge is 0.337 e. The number of carbonyl (C=O) groups is 2. The van der Waals surface area contributed by atoms with Crippen molar-refractivity contribution >= 4 is 33.5 Å². The van der Waals surface area contributed by atoms with Crippen molar-refractivity contribution < 1.29 is 14.3 Å². The van der Waals surface area contributed by atoms with E-state index >= 15 is 0 Å². The minimum absolute atomic E-state index is 0.235. The fourth-order valence-electron chi connectivity index (χ4n) is 1.91. The Labute approximate surface area is 131 Å². The number of esters is 1. The first kappa shape index (κ1) is 15.3. The summed E-state index contributed by atoms with van der Waals surface area (Å²) in [5.41, 5.74) is 2.46. The maximum Gasteiger partial charge on any atom is 0.337 e. The van der Waals surface area contributed by atoms with Gasteiger partial charge in [0, 0.05) is 15.7 Å². The lowest BCUT2D eigenvalue weighted by molar-refractivity contribution is 0.0600. The van der Waals surface area contributed by atoms with Gasteiger partial charge in [-0.25, -0.2) is 4.79 Å². The molecule has 2 rings (SSSR count). The Morgan fingerprint density at radius 1 is 1.10 bits per heavy atom. The molecule has 0 radical (unpaired) electrons. The molecule has 2 aromatic carbocycles. The van der Waals surface area contributed by atoms with Gasteiger partial charge in [0.15, 0.2) is 0 Å². The zero-order chi connectivity index (χ0) is 15.4. The highest BCUT2D eigenvalue weighted by Crippen LogP contribution is 2.17. The first-order chi connectivity index (χ1) is 9.99. The van der Waals surface area contributed by atoms with Gasteiger partial charge in [0.05, 0.1) is 12.7 Å². The van der Waals surface area contributed by atoms with Crippen LogP contribution >= 0.6 is 15.9 Å². The minimum Gasteiger partial charge on any atom is -0.465 e. The van der Waals surface area contributed by atoms with Gasteiger partial charge in [0.25, 0.3) is 5.91 Å². The van der Waals surface area contributed by atoms with Gasteiger partial charge < -0.3 is 10.1 Å². The molecule has 0 unspecified atom stereocenters. The van der Waals surface area contributed by atoms with Gasteiger partial charge in [0.1, 0.15) is 0 Å². The molecule has 0 aliphatic heterocycles. The van der Waals surface area contributed by atoms with E-state index in [0.29, 0.717) is 16.8 Å². The van der Waals surface area contributed by atoms with Crippen molar-refractivity contribution in [3.05, 3.63) is 63.6 Å². The Kier molecular flexibility index (Phi) is 4.75. The van der Waals surface area contributed by atoms with Crippen molar-refractivity contribution in [2.24, 2.45) is 0 Å². The number of nitrogens with one attached hydrogen (secondary N) is 1. The molecule has 0 aliphatic rings. The standard InChI is InChI=1S/C16H14BrNO3/c1-10-6-12(8-13(17)7-10)15(19)18-14-5-3-4-11(9-14)16(20)21-2/h3-9H,1-2H3,(H,18,19). The van der Waals surface area contributed by atoms with Gasteiger partial charge in [0.2, 0.25) is 0 Å². The number of anilines is 1. The summed E-state index contributed by atoms with van der Waals surface area (Å²) in [6.45, 7) is 1.92. The number of amides is 1. The molecule has 108 valence electrons. The van der Waals surface area contributed by atoms with Crippen LogP contribution in [0, 0.1) is 6.92 Å². The summed E-state index contributed by atoms with van der Waals surface area (Å²) in [5, 5.41) is 2.76. The minimum atomic E-state index is -0.440. The van der Waals surface area contributed by atoms with Gasteiger partial charge in [-0.05, 0) is 48.9 Å². The number of aryl methyl sites for hydroxylation is 1. The summed E-state index contributed by atoms with van der Waals surface area (Å²) in [6, 6.07) is 12.1. The largest absolute Gasteiger partial charge is 0.465 e. The van der Waals surface area contributed by atoms with E-state index in [0.717, 1.165) is 10.0 Å². The van der Waals surface area contributed by atoms with Crippen molar-refractivity contribution in [1.82, 2.24) is 0 Å². The molecule has 0 fully saturated rings. The molecule has 0 saturated heterocycles. The maximum absolute atomic E-state index is 12.2. The molecular formula is C16H14BrNO3. The van der Waals surface area contributed by atoms with Crippen LogP contribution in [0.1, 0.15) is 26.3 Å². The highest BCUT2D eigenvalue weighted by Gasteiger charge is 2.10. The zero-order valence-electron chi connectivity index (χ0n) is 11.6. The molecule has 0 atom stereocenters. The lowest BCUT2D eigenvalue weighted by Crippen LogP contribution is -2.12. The van der Waals surface area contributed by atoms with E-state index in [4.69, 9.17) is 0 Å². The summed E-state index contributed by atoms with van der Waals surface area (Å²) < 4.78 is 5.50. The second-order valence-electron chi connectivity index (χ2n) is 4.54. The Hall–Kier alpha value is -2.14. The molecule has 1 N–H and O–H groups in total. The van der Waals surface area contributed by atoms with Gasteiger partial charge in [-0.15, -0.1) is 0 Å². The van der Waals surface area contributed by atoms with Gasteiger partial charge in [-0.1, -0.05) is 22.0 Å². The van der Waals surface area contributed by atoms with E-state index in [-0.39, 0.29) is 5.91 Å². The van der Waals surface area contributed by atoms with Crippen LogP contribution in [0.2, 0.25) is 0 Å². The second kappa shape index (κ2) is 6.54. The van der Waals surface area contributed by atoms with Crippen molar-refractivity contribution in [2.75, 3.05) is 12.4 Å². The van der Waals surface area contributed by atoms with Crippen LogP contribution in [0.3, 0.4) is 0 Å². The van der Waals surface area contributed by atoms with Crippen LogP contribution in [0.4, 0.5) is 5.69 Å². The number of hydrogen-bond acceptors (Lipinski definition) is 3. The number of halogens is 1. The Morgan fingerprint density at radius 2 is 1.86 bits per heavy atom. The first-order valence-corrected chi connectivity index (χ1v) is 7.06. The molecule has 1 amide bonds. The molecule has 5 heteroatoms. The summed E-state index contributed by atoms with van der Waals surface area (Å²) in [4.78, 5) is 23.7. The Balaban J connectivity index is 2.21. The number of methoxy groups -OCH3 is 1. The molecule has 0 aromatic heterocycles. The quantitative estimate of drug-likeness (QED) is 0.859. The fourth-order valence-corrected chi connectivity index (χ4v) is 2.52. The zero-order valence-corrected chi connectivity index (χ0v) is 13.2. The Bertz CT molecular complexity index is 677. The normalized spacial score (nSPS) is 10.0. The van der Waals surface area contributed by atoms with Crippen LogP contribution in [0.15, 0.2) is 46.9 Å². The predicted molar refractivity (Wildman–Crippen MR) is 84.6 cm³/mol. The third-order valence-corrected chi connectivity index (χ3v) is 3.30. The topological polar surface area (TPSA) is 55.4 Å². The lowest BCUT2D eigenvalue weighted by atomic mass is 10.1. The molecule has 0 saturated carbocycles. The van der Waals surface area contributed by atoms with E-state index in [2.05, 4.69) is 26.0 Å². The van der Waals surface area contributed by atoms with Crippen LogP contribution in [-0.4, -0.2) is 19.0 Å². The van der Waals surface area contributed by atoms with Crippen molar-refractivity contribution in [1.29, 1.82) is 0 Å².